The molecule has 1 aromatic carbocycles. The van der Waals surface area contributed by atoms with Crippen molar-refractivity contribution in [3.63, 3.8) is 0 Å². The van der Waals surface area contributed by atoms with Gasteiger partial charge in [0.25, 0.3) is 5.91 Å². The van der Waals surface area contributed by atoms with Crippen LogP contribution in [0.15, 0.2) is 58.2 Å². The average molecular weight is 304 g/mol. The van der Waals surface area contributed by atoms with Gasteiger partial charge in [-0.3, -0.25) is 9.78 Å². The highest BCUT2D eigenvalue weighted by Crippen LogP contribution is 2.09. The lowest BCUT2D eigenvalue weighted by Gasteiger charge is -1.98. The van der Waals surface area contributed by atoms with E-state index >= 15 is 0 Å². The third kappa shape index (κ3) is 3.49. The SMILES string of the molecule is O=C(N/N=C/c1cccc(Br)c1)c1ccccn1. The largest absolute Gasteiger partial charge is 0.289 e. The summed E-state index contributed by atoms with van der Waals surface area (Å²) in [5.74, 6) is -0.332. The number of amides is 1. The molecule has 1 aromatic heterocycles. The molecule has 4 nitrogen and oxygen atoms in total. The van der Waals surface area contributed by atoms with E-state index in [0.717, 1.165) is 10.0 Å². The van der Waals surface area contributed by atoms with Gasteiger partial charge in [-0.1, -0.05) is 34.1 Å². The fourth-order valence-corrected chi connectivity index (χ4v) is 1.72. The van der Waals surface area contributed by atoms with Crippen LogP contribution in [-0.2, 0) is 0 Å². The van der Waals surface area contributed by atoms with Crippen molar-refractivity contribution >= 4 is 28.1 Å². The summed E-state index contributed by atoms with van der Waals surface area (Å²) >= 11 is 3.36. The first-order valence-corrected chi connectivity index (χ1v) is 6.05. The first kappa shape index (κ1) is 12.4. The van der Waals surface area contributed by atoms with Crippen LogP contribution in [0.4, 0.5) is 0 Å². The fraction of sp³-hybridized carbons (Fsp3) is 0. The van der Waals surface area contributed by atoms with Crippen molar-refractivity contribution in [2.45, 2.75) is 0 Å². The summed E-state index contributed by atoms with van der Waals surface area (Å²) in [6, 6.07) is 12.7. The van der Waals surface area contributed by atoms with Crippen molar-refractivity contribution in [2.75, 3.05) is 0 Å². The van der Waals surface area contributed by atoms with E-state index in [1.165, 1.54) is 0 Å². The topological polar surface area (TPSA) is 54.4 Å². The van der Waals surface area contributed by atoms with Crippen molar-refractivity contribution < 1.29 is 4.79 Å². The Kier molecular flexibility index (Phi) is 4.20. The molecule has 2 rings (SSSR count). The van der Waals surface area contributed by atoms with Gasteiger partial charge in [-0.25, -0.2) is 5.43 Å². The summed E-state index contributed by atoms with van der Waals surface area (Å²) in [7, 11) is 0. The summed E-state index contributed by atoms with van der Waals surface area (Å²) < 4.78 is 0.961. The Morgan fingerprint density at radius 1 is 1.28 bits per heavy atom. The number of nitrogens with zero attached hydrogens (tertiary/aromatic N) is 2. The monoisotopic (exact) mass is 303 g/mol. The zero-order chi connectivity index (χ0) is 12.8. The van der Waals surface area contributed by atoms with Crippen LogP contribution in [0.1, 0.15) is 16.1 Å². The maximum atomic E-state index is 11.6. The second kappa shape index (κ2) is 6.07. The summed E-state index contributed by atoms with van der Waals surface area (Å²) in [5.41, 5.74) is 3.65. The van der Waals surface area contributed by atoms with Crippen molar-refractivity contribution in [3.8, 4) is 0 Å². The van der Waals surface area contributed by atoms with E-state index < -0.39 is 0 Å². The number of benzene rings is 1. The summed E-state index contributed by atoms with van der Waals surface area (Å²) in [5, 5.41) is 3.87. The van der Waals surface area contributed by atoms with Gasteiger partial charge in [-0.15, -0.1) is 0 Å². The molecule has 0 aliphatic rings. The van der Waals surface area contributed by atoms with Gasteiger partial charge in [-0.2, -0.15) is 5.10 Å². The quantitative estimate of drug-likeness (QED) is 0.700. The molecular formula is C13H10BrN3O. The Hall–Kier alpha value is -2.01. The average Bonchev–Trinajstić information content (AvgIpc) is 2.40. The number of carbonyl (C=O) groups excluding carboxylic acids is 1. The van der Waals surface area contributed by atoms with Crippen LogP contribution < -0.4 is 5.43 Å². The predicted molar refractivity (Wildman–Crippen MR) is 73.4 cm³/mol. The third-order valence-corrected chi connectivity index (χ3v) is 2.62. The molecule has 0 saturated heterocycles. The van der Waals surface area contributed by atoms with Crippen molar-refractivity contribution in [3.05, 3.63) is 64.4 Å². The van der Waals surface area contributed by atoms with Crippen molar-refractivity contribution in [1.82, 2.24) is 10.4 Å². The first-order valence-electron chi connectivity index (χ1n) is 5.26. The normalized spacial score (nSPS) is 10.5. The molecule has 2 aromatic rings. The molecule has 18 heavy (non-hydrogen) atoms. The van der Waals surface area contributed by atoms with E-state index in [2.05, 4.69) is 31.4 Å². The molecule has 0 atom stereocenters. The number of carbonyl (C=O) groups is 1. The molecule has 1 amide bonds. The third-order valence-electron chi connectivity index (χ3n) is 2.13. The number of hydrogen-bond acceptors (Lipinski definition) is 3. The van der Waals surface area contributed by atoms with Crippen LogP contribution in [-0.4, -0.2) is 17.1 Å². The molecule has 5 heteroatoms. The number of pyridine rings is 1. The van der Waals surface area contributed by atoms with Crippen LogP contribution >= 0.6 is 15.9 Å². The smallest absolute Gasteiger partial charge is 0.266 e. The van der Waals surface area contributed by atoms with Crippen molar-refractivity contribution in [2.24, 2.45) is 5.10 Å². The summed E-state index contributed by atoms with van der Waals surface area (Å²) in [4.78, 5) is 15.5. The van der Waals surface area contributed by atoms with Crippen LogP contribution in [0, 0.1) is 0 Å². The zero-order valence-corrected chi connectivity index (χ0v) is 11.0. The van der Waals surface area contributed by atoms with Crippen LogP contribution in [0.5, 0.6) is 0 Å². The molecule has 0 aliphatic carbocycles. The minimum Gasteiger partial charge on any atom is -0.266 e. The van der Waals surface area contributed by atoms with Gasteiger partial charge in [0.2, 0.25) is 0 Å². The van der Waals surface area contributed by atoms with Gasteiger partial charge in [0.1, 0.15) is 5.69 Å². The minimum absolute atomic E-state index is 0.332. The highest BCUT2D eigenvalue weighted by Gasteiger charge is 2.03. The highest BCUT2D eigenvalue weighted by molar-refractivity contribution is 9.10. The van der Waals surface area contributed by atoms with E-state index in [0.29, 0.717) is 5.69 Å². The van der Waals surface area contributed by atoms with E-state index in [1.807, 2.05) is 24.3 Å². The fourth-order valence-electron chi connectivity index (χ4n) is 1.31. The van der Waals surface area contributed by atoms with Gasteiger partial charge in [0.05, 0.1) is 6.21 Å². The highest BCUT2D eigenvalue weighted by atomic mass is 79.9. The second-order valence-electron chi connectivity index (χ2n) is 3.47. The maximum absolute atomic E-state index is 11.6. The maximum Gasteiger partial charge on any atom is 0.289 e. The molecule has 1 heterocycles. The van der Waals surface area contributed by atoms with Crippen LogP contribution in [0.3, 0.4) is 0 Å². The molecule has 0 fully saturated rings. The van der Waals surface area contributed by atoms with Gasteiger partial charge in [0, 0.05) is 10.7 Å². The second-order valence-corrected chi connectivity index (χ2v) is 4.38. The molecule has 1 N–H and O–H groups in total. The van der Waals surface area contributed by atoms with E-state index in [1.54, 1.807) is 30.6 Å². The molecule has 0 radical (unpaired) electrons. The summed E-state index contributed by atoms with van der Waals surface area (Å²) in [6.07, 6.45) is 3.14. The van der Waals surface area contributed by atoms with E-state index in [9.17, 15) is 4.79 Å². The Bertz CT molecular complexity index is 569. The van der Waals surface area contributed by atoms with Gasteiger partial charge in [0.15, 0.2) is 0 Å². The lowest BCUT2D eigenvalue weighted by Crippen LogP contribution is -2.18. The molecule has 0 unspecified atom stereocenters. The van der Waals surface area contributed by atoms with Crippen LogP contribution in [0.2, 0.25) is 0 Å². The van der Waals surface area contributed by atoms with Gasteiger partial charge < -0.3 is 0 Å². The molecule has 0 bridgehead atoms. The molecule has 0 aliphatic heterocycles. The number of hydrazone groups is 1. The number of nitrogens with one attached hydrogen (secondary N) is 1. The van der Waals surface area contributed by atoms with E-state index in [4.69, 9.17) is 0 Å². The molecular weight excluding hydrogens is 294 g/mol. The summed E-state index contributed by atoms with van der Waals surface area (Å²) in [6.45, 7) is 0. The molecule has 0 saturated carbocycles. The van der Waals surface area contributed by atoms with Gasteiger partial charge in [-0.05, 0) is 29.8 Å². The minimum atomic E-state index is -0.332. The molecule has 90 valence electrons. The van der Waals surface area contributed by atoms with E-state index in [-0.39, 0.29) is 5.91 Å². The lowest BCUT2D eigenvalue weighted by molar-refractivity contribution is 0.0950. The predicted octanol–water partition coefficient (Wildman–Crippen LogP) is 2.61. The van der Waals surface area contributed by atoms with Crippen LogP contribution in [0.25, 0.3) is 0 Å². The Labute approximate surface area is 113 Å². The number of hydrogen-bond donors (Lipinski definition) is 1. The lowest BCUT2D eigenvalue weighted by atomic mass is 10.2. The number of rotatable bonds is 3. The zero-order valence-electron chi connectivity index (χ0n) is 9.38. The first-order chi connectivity index (χ1) is 8.75. The van der Waals surface area contributed by atoms with Crippen molar-refractivity contribution in [1.29, 1.82) is 0 Å². The Morgan fingerprint density at radius 2 is 2.17 bits per heavy atom. The number of halogens is 1. The Balaban J connectivity index is 1.98. The number of aromatic nitrogens is 1. The van der Waals surface area contributed by atoms with Gasteiger partial charge >= 0.3 is 0 Å². The molecule has 0 spiro atoms. The standard InChI is InChI=1S/C13H10BrN3O/c14-11-5-3-4-10(8-11)9-16-17-13(18)12-6-1-2-7-15-12/h1-9H,(H,17,18)/b16-9+. The Morgan fingerprint density at radius 3 is 2.89 bits per heavy atom.